The molecule has 4 rings (SSSR count). The number of piperidine rings is 1. The van der Waals surface area contributed by atoms with Crippen LogP contribution in [0.15, 0.2) is 59.6 Å². The van der Waals surface area contributed by atoms with Gasteiger partial charge in [0.1, 0.15) is 5.15 Å². The van der Waals surface area contributed by atoms with E-state index in [2.05, 4.69) is 9.71 Å². The molecule has 0 bridgehead atoms. The molecule has 1 saturated heterocycles. The molecule has 2 aromatic carbocycles. The van der Waals surface area contributed by atoms with Crippen molar-refractivity contribution in [3.8, 4) is 11.1 Å². The molecule has 1 aliphatic rings. The number of benzene rings is 2. The molecule has 0 radical (unpaired) electrons. The molecule has 0 aliphatic carbocycles. The highest BCUT2D eigenvalue weighted by molar-refractivity contribution is 7.89. The molecule has 6 nitrogen and oxygen atoms in total. The van der Waals surface area contributed by atoms with Crippen LogP contribution in [-0.4, -0.2) is 43.3 Å². The maximum absolute atomic E-state index is 14.0. The normalized spacial score (nSPS) is 15.1. The van der Waals surface area contributed by atoms with Gasteiger partial charge in [-0.2, -0.15) is 13.2 Å². The molecule has 3 aromatic rings. The fourth-order valence-corrected chi connectivity index (χ4v) is 6.06. The lowest BCUT2D eigenvalue weighted by molar-refractivity contribution is -0.139. The summed E-state index contributed by atoms with van der Waals surface area (Å²) in [6.07, 6.45) is -3.15. The summed E-state index contributed by atoms with van der Waals surface area (Å²) < 4.78 is 70.3. The molecule has 0 atom stereocenters. The zero-order chi connectivity index (χ0) is 27.0. The smallest absolute Gasteiger partial charge is 0.338 e. The van der Waals surface area contributed by atoms with Crippen molar-refractivity contribution in [3.63, 3.8) is 0 Å². The number of amides is 1. The Morgan fingerprint density at radius 2 is 1.70 bits per heavy atom. The van der Waals surface area contributed by atoms with Gasteiger partial charge in [0, 0.05) is 40.9 Å². The van der Waals surface area contributed by atoms with Gasteiger partial charge >= 0.3 is 6.18 Å². The van der Waals surface area contributed by atoms with Gasteiger partial charge in [-0.3, -0.25) is 4.79 Å². The van der Waals surface area contributed by atoms with E-state index in [1.165, 1.54) is 47.5 Å². The fraction of sp³-hybridized carbons (Fsp3) is 0.250. The number of carbonyl (C=O) groups excluding carboxylic acids is 1. The van der Waals surface area contributed by atoms with Crippen LogP contribution in [0.1, 0.15) is 28.8 Å². The van der Waals surface area contributed by atoms with E-state index in [1.54, 1.807) is 0 Å². The predicted octanol–water partition coefficient (Wildman–Crippen LogP) is 6.31. The molecule has 2 heterocycles. The van der Waals surface area contributed by atoms with Crippen LogP contribution in [-0.2, 0) is 16.2 Å². The van der Waals surface area contributed by atoms with Crippen LogP contribution >= 0.6 is 34.8 Å². The molecule has 1 aromatic heterocycles. The average Bonchev–Trinajstić information content (AvgIpc) is 2.85. The van der Waals surface area contributed by atoms with Gasteiger partial charge in [0.2, 0.25) is 10.0 Å². The summed E-state index contributed by atoms with van der Waals surface area (Å²) in [5.74, 6) is -0.292. The molecule has 1 amide bonds. The van der Waals surface area contributed by atoms with Gasteiger partial charge in [-0.1, -0.05) is 40.9 Å². The van der Waals surface area contributed by atoms with Crippen LogP contribution in [0.4, 0.5) is 13.2 Å². The summed E-state index contributed by atoms with van der Waals surface area (Å²) in [5.41, 5.74) is -0.679. The number of likely N-dealkylation sites (tertiary alicyclic amines) is 1. The summed E-state index contributed by atoms with van der Waals surface area (Å²) in [6, 6.07) is 9.61. The molecule has 0 saturated carbocycles. The topological polar surface area (TPSA) is 79.4 Å². The highest BCUT2D eigenvalue weighted by Crippen LogP contribution is 2.39. The second-order valence-corrected chi connectivity index (χ2v) is 11.3. The Balaban J connectivity index is 1.53. The minimum atomic E-state index is -4.95. The Bertz CT molecular complexity index is 1430. The molecule has 37 heavy (non-hydrogen) atoms. The number of pyridine rings is 1. The predicted molar refractivity (Wildman–Crippen MR) is 135 cm³/mol. The summed E-state index contributed by atoms with van der Waals surface area (Å²) in [6.45, 7) is 0.431. The van der Waals surface area contributed by atoms with Gasteiger partial charge in [0.25, 0.3) is 5.91 Å². The third kappa shape index (κ3) is 6.38. The summed E-state index contributed by atoms with van der Waals surface area (Å²) in [5, 5.41) is 0.678. The number of hydrogen-bond acceptors (Lipinski definition) is 4. The first-order valence-corrected chi connectivity index (χ1v) is 13.6. The van der Waals surface area contributed by atoms with E-state index >= 15 is 0 Å². The highest BCUT2D eigenvalue weighted by Gasteiger charge is 2.38. The zero-order valence-corrected chi connectivity index (χ0v) is 22.0. The maximum atomic E-state index is 14.0. The molecule has 0 spiro atoms. The van der Waals surface area contributed by atoms with Gasteiger partial charge in [-0.25, -0.2) is 18.1 Å². The largest absolute Gasteiger partial charge is 0.417 e. The molecular weight excluding hydrogens is 574 g/mol. The van der Waals surface area contributed by atoms with Gasteiger partial charge in [-0.05, 0) is 60.9 Å². The molecule has 1 fully saturated rings. The lowest BCUT2D eigenvalue weighted by Crippen LogP contribution is -2.46. The number of alkyl halides is 3. The lowest BCUT2D eigenvalue weighted by Gasteiger charge is -2.32. The van der Waals surface area contributed by atoms with Crippen LogP contribution in [0.2, 0.25) is 15.2 Å². The minimum Gasteiger partial charge on any atom is -0.338 e. The molecular formula is C24H19Cl3F3N3O3S. The zero-order valence-electron chi connectivity index (χ0n) is 18.9. The van der Waals surface area contributed by atoms with Crippen molar-refractivity contribution in [1.29, 1.82) is 0 Å². The number of sulfonamides is 1. The van der Waals surface area contributed by atoms with Crippen molar-refractivity contribution in [2.75, 3.05) is 13.1 Å². The number of hydrogen-bond donors (Lipinski definition) is 1. The third-order valence-electron chi connectivity index (χ3n) is 5.89. The fourth-order valence-electron chi connectivity index (χ4n) is 4.04. The SMILES string of the molecule is O=C(c1ccc(Cl)nc1)N1CCC(NS(=O)(=O)c2ccc(-c3cc(Cl)ccc3Cl)cc2C(F)(F)F)CC1. The van der Waals surface area contributed by atoms with Crippen molar-refractivity contribution < 1.29 is 26.4 Å². The molecule has 1 N–H and O–H groups in total. The number of nitrogens with one attached hydrogen (secondary N) is 1. The molecule has 1 aliphatic heterocycles. The standard InChI is InChI=1S/C24H19Cl3F3N3O3S/c25-16-3-4-20(26)18(12-16)14-1-5-21(19(11-14)24(28,29)30)37(35,36)32-17-7-9-33(10-8-17)23(34)15-2-6-22(27)31-13-15/h1-6,11-13,17,32H,7-10H2. The number of carbonyl (C=O) groups is 1. The van der Waals surface area contributed by atoms with Crippen LogP contribution < -0.4 is 4.72 Å². The first-order chi connectivity index (χ1) is 17.3. The van der Waals surface area contributed by atoms with Crippen molar-refractivity contribution in [2.45, 2.75) is 30.0 Å². The Morgan fingerprint density at radius 3 is 2.32 bits per heavy atom. The first kappa shape index (κ1) is 27.7. The number of rotatable bonds is 5. The van der Waals surface area contributed by atoms with E-state index in [0.29, 0.717) is 5.56 Å². The lowest BCUT2D eigenvalue weighted by atomic mass is 10.0. The van der Waals surface area contributed by atoms with Gasteiger partial charge in [0.05, 0.1) is 16.0 Å². The van der Waals surface area contributed by atoms with Gasteiger partial charge in [-0.15, -0.1) is 0 Å². The Kier molecular flexibility index (Phi) is 8.06. The van der Waals surface area contributed by atoms with Crippen LogP contribution in [0.3, 0.4) is 0 Å². The summed E-state index contributed by atoms with van der Waals surface area (Å²) in [7, 11) is -4.54. The Morgan fingerprint density at radius 1 is 1.00 bits per heavy atom. The number of halogens is 6. The second-order valence-electron chi connectivity index (χ2n) is 8.39. The maximum Gasteiger partial charge on any atom is 0.417 e. The summed E-state index contributed by atoms with van der Waals surface area (Å²) in [4.78, 5) is 17.1. The van der Waals surface area contributed by atoms with E-state index in [0.717, 1.165) is 12.1 Å². The van der Waals surface area contributed by atoms with E-state index < -0.39 is 32.7 Å². The van der Waals surface area contributed by atoms with E-state index in [1.807, 2.05) is 0 Å². The van der Waals surface area contributed by atoms with Crippen molar-refractivity contribution in [1.82, 2.24) is 14.6 Å². The van der Waals surface area contributed by atoms with E-state index in [4.69, 9.17) is 34.8 Å². The second kappa shape index (κ2) is 10.8. The van der Waals surface area contributed by atoms with Crippen molar-refractivity contribution >= 4 is 50.7 Å². The van der Waals surface area contributed by atoms with Gasteiger partial charge < -0.3 is 4.90 Å². The first-order valence-electron chi connectivity index (χ1n) is 10.9. The molecule has 0 unspecified atom stereocenters. The highest BCUT2D eigenvalue weighted by atomic mass is 35.5. The van der Waals surface area contributed by atoms with Crippen LogP contribution in [0.25, 0.3) is 11.1 Å². The Labute approximate surface area is 226 Å². The van der Waals surface area contributed by atoms with Gasteiger partial charge in [0.15, 0.2) is 0 Å². The molecule has 13 heteroatoms. The van der Waals surface area contributed by atoms with E-state index in [9.17, 15) is 26.4 Å². The quantitative estimate of drug-likeness (QED) is 0.352. The van der Waals surface area contributed by atoms with Crippen molar-refractivity contribution in [3.05, 3.63) is 81.1 Å². The summed E-state index contributed by atoms with van der Waals surface area (Å²) >= 11 is 17.8. The Hall–Kier alpha value is -2.37. The average molecular weight is 593 g/mol. The monoisotopic (exact) mass is 591 g/mol. The van der Waals surface area contributed by atoms with Crippen LogP contribution in [0.5, 0.6) is 0 Å². The van der Waals surface area contributed by atoms with Crippen molar-refractivity contribution in [2.24, 2.45) is 0 Å². The van der Waals surface area contributed by atoms with Crippen LogP contribution in [0, 0.1) is 0 Å². The number of nitrogens with zero attached hydrogens (tertiary/aromatic N) is 2. The molecule has 196 valence electrons. The minimum absolute atomic E-state index is 0.0716. The van der Waals surface area contributed by atoms with E-state index in [-0.39, 0.29) is 58.2 Å². The number of aromatic nitrogens is 1. The third-order valence-corrected chi connectivity index (χ3v) is 8.26.